The fraction of sp³-hybridized carbons (Fsp3) is 0.368. The monoisotopic (exact) mass is 354 g/mol. The van der Waals surface area contributed by atoms with E-state index in [0.29, 0.717) is 6.04 Å². The molecule has 0 radical (unpaired) electrons. The number of nitrogens with zero attached hydrogens (tertiary/aromatic N) is 3. The summed E-state index contributed by atoms with van der Waals surface area (Å²) in [5.41, 5.74) is 3.20. The van der Waals surface area contributed by atoms with Crippen molar-refractivity contribution in [2.45, 2.75) is 26.8 Å². The highest BCUT2D eigenvalue weighted by Gasteiger charge is 2.24. The molecular weight excluding hydrogens is 332 g/mol. The number of hydrogen-bond donors (Lipinski definition) is 1. The molecular formula is C19H22N4OS. The molecule has 0 spiro atoms. The Bertz CT molecular complexity index is 942. The molecule has 1 atom stereocenters. The van der Waals surface area contributed by atoms with Crippen LogP contribution < -0.4 is 5.32 Å². The van der Waals surface area contributed by atoms with Gasteiger partial charge in [0.15, 0.2) is 0 Å². The Balaban J connectivity index is 1.75. The van der Waals surface area contributed by atoms with E-state index < -0.39 is 0 Å². The van der Waals surface area contributed by atoms with Gasteiger partial charge in [0.05, 0.1) is 16.3 Å². The van der Waals surface area contributed by atoms with Crippen LogP contribution in [0.25, 0.3) is 15.9 Å². The molecule has 1 aliphatic rings. The zero-order valence-electron chi connectivity index (χ0n) is 14.7. The maximum absolute atomic E-state index is 12.9. The van der Waals surface area contributed by atoms with E-state index in [1.165, 1.54) is 5.56 Å². The van der Waals surface area contributed by atoms with Crippen LogP contribution >= 0.6 is 11.3 Å². The van der Waals surface area contributed by atoms with Gasteiger partial charge in [-0.1, -0.05) is 18.2 Å². The van der Waals surface area contributed by atoms with E-state index in [-0.39, 0.29) is 5.91 Å². The number of amides is 1. The molecule has 0 saturated carbocycles. The molecule has 25 heavy (non-hydrogen) atoms. The van der Waals surface area contributed by atoms with E-state index in [9.17, 15) is 4.79 Å². The molecule has 1 fully saturated rings. The van der Waals surface area contributed by atoms with Gasteiger partial charge in [0.25, 0.3) is 5.91 Å². The molecule has 1 aliphatic heterocycles. The second kappa shape index (κ2) is 6.28. The van der Waals surface area contributed by atoms with Gasteiger partial charge in [0, 0.05) is 31.1 Å². The predicted octanol–water partition coefficient (Wildman–Crippen LogP) is 3.14. The maximum Gasteiger partial charge on any atom is 0.264 e. The summed E-state index contributed by atoms with van der Waals surface area (Å²) in [5, 5.41) is 9.15. The summed E-state index contributed by atoms with van der Waals surface area (Å²) in [4.78, 5) is 16.7. The zero-order valence-corrected chi connectivity index (χ0v) is 15.6. The number of benzene rings is 1. The number of carbonyl (C=O) groups is 1. The normalized spacial score (nSPS) is 18.0. The average molecular weight is 354 g/mol. The molecule has 130 valence electrons. The van der Waals surface area contributed by atoms with Gasteiger partial charge in [-0.3, -0.25) is 4.79 Å². The molecule has 3 heterocycles. The largest absolute Gasteiger partial charge is 0.335 e. The molecule has 1 amide bonds. The van der Waals surface area contributed by atoms with Crippen molar-refractivity contribution >= 4 is 27.5 Å². The van der Waals surface area contributed by atoms with Gasteiger partial charge in [0.1, 0.15) is 4.83 Å². The van der Waals surface area contributed by atoms with E-state index in [4.69, 9.17) is 5.10 Å². The van der Waals surface area contributed by atoms with E-state index in [1.807, 2.05) is 34.7 Å². The van der Waals surface area contributed by atoms with Crippen molar-refractivity contribution in [1.82, 2.24) is 20.0 Å². The molecule has 0 unspecified atom stereocenters. The van der Waals surface area contributed by atoms with Crippen LogP contribution in [0.3, 0.4) is 0 Å². The number of piperazine rings is 1. The fourth-order valence-corrected chi connectivity index (χ4v) is 4.53. The second-order valence-corrected chi connectivity index (χ2v) is 7.75. The number of nitrogens with one attached hydrogen (secondary N) is 1. The lowest BCUT2D eigenvalue weighted by Crippen LogP contribution is -2.51. The van der Waals surface area contributed by atoms with Crippen LogP contribution in [0.2, 0.25) is 0 Å². The highest BCUT2D eigenvalue weighted by atomic mass is 32.1. The van der Waals surface area contributed by atoms with Gasteiger partial charge in [0.2, 0.25) is 0 Å². The van der Waals surface area contributed by atoms with Crippen LogP contribution in [-0.2, 0) is 0 Å². The molecule has 1 saturated heterocycles. The maximum atomic E-state index is 12.9. The minimum atomic E-state index is 0.130. The summed E-state index contributed by atoms with van der Waals surface area (Å²) in [5.74, 6) is 0.130. The predicted molar refractivity (Wildman–Crippen MR) is 102 cm³/mol. The van der Waals surface area contributed by atoms with Gasteiger partial charge >= 0.3 is 0 Å². The summed E-state index contributed by atoms with van der Waals surface area (Å²) in [6, 6.07) is 10.6. The van der Waals surface area contributed by atoms with E-state index in [0.717, 1.165) is 46.1 Å². The molecule has 6 heteroatoms. The quantitative estimate of drug-likeness (QED) is 0.769. The molecule has 1 aromatic carbocycles. The van der Waals surface area contributed by atoms with E-state index in [2.05, 4.69) is 31.3 Å². The minimum Gasteiger partial charge on any atom is -0.335 e. The molecule has 3 aromatic rings. The first-order chi connectivity index (χ1) is 12.0. The van der Waals surface area contributed by atoms with Gasteiger partial charge in [-0.2, -0.15) is 5.10 Å². The lowest BCUT2D eigenvalue weighted by Gasteiger charge is -2.31. The lowest BCUT2D eigenvalue weighted by molar-refractivity contribution is 0.0714. The third kappa shape index (κ3) is 2.85. The van der Waals surface area contributed by atoms with Crippen molar-refractivity contribution in [3.63, 3.8) is 0 Å². The molecule has 2 aromatic heterocycles. The van der Waals surface area contributed by atoms with Crippen LogP contribution in [0.15, 0.2) is 30.3 Å². The van der Waals surface area contributed by atoms with Crippen molar-refractivity contribution in [3.8, 4) is 5.69 Å². The summed E-state index contributed by atoms with van der Waals surface area (Å²) in [6.45, 7) is 8.58. The topological polar surface area (TPSA) is 50.2 Å². The Morgan fingerprint density at radius 1 is 1.32 bits per heavy atom. The molecule has 1 N–H and O–H groups in total. The van der Waals surface area contributed by atoms with Gasteiger partial charge in [-0.25, -0.2) is 4.68 Å². The van der Waals surface area contributed by atoms with Crippen molar-refractivity contribution in [2.24, 2.45) is 0 Å². The third-order valence-corrected chi connectivity index (χ3v) is 5.85. The number of fused-ring (bicyclic) bond motifs is 1. The van der Waals surface area contributed by atoms with Crippen molar-refractivity contribution in [1.29, 1.82) is 0 Å². The second-order valence-electron chi connectivity index (χ2n) is 6.72. The van der Waals surface area contributed by atoms with Crippen LogP contribution in [0, 0.1) is 13.8 Å². The number of rotatable bonds is 2. The minimum absolute atomic E-state index is 0.130. The number of para-hydroxylation sites is 1. The molecule has 4 rings (SSSR count). The Labute approximate surface area is 151 Å². The summed E-state index contributed by atoms with van der Waals surface area (Å²) in [7, 11) is 0. The highest BCUT2D eigenvalue weighted by molar-refractivity contribution is 7.20. The van der Waals surface area contributed by atoms with Crippen LogP contribution in [0.5, 0.6) is 0 Å². The number of carbonyl (C=O) groups excluding carboxylic acids is 1. The number of hydrogen-bond acceptors (Lipinski definition) is 4. The Hall–Kier alpha value is -2.18. The van der Waals surface area contributed by atoms with Crippen LogP contribution in [0.1, 0.15) is 27.9 Å². The molecule has 5 nitrogen and oxygen atoms in total. The highest BCUT2D eigenvalue weighted by Crippen LogP contribution is 2.32. The Kier molecular flexibility index (Phi) is 4.09. The van der Waals surface area contributed by atoms with Crippen molar-refractivity contribution < 1.29 is 4.79 Å². The summed E-state index contributed by atoms with van der Waals surface area (Å²) >= 11 is 1.54. The van der Waals surface area contributed by atoms with E-state index >= 15 is 0 Å². The number of aryl methyl sites for hydroxylation is 2. The SMILES string of the molecule is Cc1ccccc1-n1nc(C)c2cc(C(=O)N3CCN[C@H](C)C3)sc21. The lowest BCUT2D eigenvalue weighted by atomic mass is 10.2. The molecule has 0 aliphatic carbocycles. The van der Waals surface area contributed by atoms with Gasteiger partial charge < -0.3 is 10.2 Å². The fourth-order valence-electron chi connectivity index (χ4n) is 3.39. The standard InChI is InChI=1S/C19H22N4OS/c1-12-6-4-5-7-16(12)23-19-15(14(3)21-23)10-17(25-19)18(24)22-9-8-20-13(2)11-22/h4-7,10,13,20H,8-9,11H2,1-3H3/t13-/m1/s1. The Morgan fingerprint density at radius 2 is 2.12 bits per heavy atom. The van der Waals surface area contributed by atoms with Crippen LogP contribution in [0.4, 0.5) is 0 Å². The van der Waals surface area contributed by atoms with Crippen molar-refractivity contribution in [2.75, 3.05) is 19.6 Å². The van der Waals surface area contributed by atoms with Crippen LogP contribution in [-0.4, -0.2) is 46.3 Å². The average Bonchev–Trinajstić information content (AvgIpc) is 3.16. The third-order valence-electron chi connectivity index (χ3n) is 4.76. The first-order valence-electron chi connectivity index (χ1n) is 8.62. The summed E-state index contributed by atoms with van der Waals surface area (Å²) < 4.78 is 1.97. The first kappa shape index (κ1) is 16.3. The molecule has 0 bridgehead atoms. The van der Waals surface area contributed by atoms with Gasteiger partial charge in [-0.15, -0.1) is 11.3 Å². The number of aromatic nitrogens is 2. The van der Waals surface area contributed by atoms with Gasteiger partial charge in [-0.05, 0) is 38.5 Å². The number of thiophene rings is 1. The Morgan fingerprint density at radius 3 is 2.88 bits per heavy atom. The first-order valence-corrected chi connectivity index (χ1v) is 9.44. The van der Waals surface area contributed by atoms with E-state index in [1.54, 1.807) is 11.3 Å². The van der Waals surface area contributed by atoms with Crippen molar-refractivity contribution in [3.05, 3.63) is 46.5 Å². The zero-order chi connectivity index (χ0) is 17.6. The smallest absolute Gasteiger partial charge is 0.264 e. The summed E-state index contributed by atoms with van der Waals surface area (Å²) in [6.07, 6.45) is 0.